The number of carbonyl (C=O) groups is 3. The molecule has 7 rings (SSSR count). The lowest BCUT2D eigenvalue weighted by atomic mass is 9.61. The molecule has 3 aliphatic carbocycles. The molecule has 4 aliphatic rings. The van der Waals surface area contributed by atoms with E-state index < -0.39 is 5.97 Å². The number of hydrogen-bond acceptors (Lipinski definition) is 4. The van der Waals surface area contributed by atoms with Crippen LogP contribution in [0.4, 0.5) is 5.69 Å². The standard InChI is InChI=1S/C27H19NO4/c1-2-32-27(31)15-11-13-16(14-12-15)28-25(29)23-21-17-7-3-4-8-18(17)22(24(23)26(28)30)20-10-6-5-9-19(20)21/h3-14,21-22H,2H2,1H3. The third kappa shape index (κ3) is 2.36. The average Bonchev–Trinajstić information content (AvgIpc) is 3.10. The largest absolute Gasteiger partial charge is 0.462 e. The van der Waals surface area contributed by atoms with Crippen molar-refractivity contribution in [2.24, 2.45) is 0 Å². The summed E-state index contributed by atoms with van der Waals surface area (Å²) in [7, 11) is 0. The molecule has 0 saturated heterocycles. The van der Waals surface area contributed by atoms with Crippen LogP contribution in [0.1, 0.15) is 51.4 Å². The van der Waals surface area contributed by atoms with Crippen LogP contribution in [-0.2, 0) is 14.3 Å². The van der Waals surface area contributed by atoms with E-state index in [1.807, 2.05) is 24.3 Å². The highest BCUT2D eigenvalue weighted by atomic mass is 16.5. The lowest BCUT2D eigenvalue weighted by molar-refractivity contribution is -0.120. The maximum absolute atomic E-state index is 13.6. The highest BCUT2D eigenvalue weighted by molar-refractivity contribution is 6.35. The molecule has 32 heavy (non-hydrogen) atoms. The molecule has 0 N–H and O–H groups in total. The molecule has 0 spiro atoms. The monoisotopic (exact) mass is 421 g/mol. The van der Waals surface area contributed by atoms with Gasteiger partial charge >= 0.3 is 5.97 Å². The van der Waals surface area contributed by atoms with Crippen LogP contribution in [0.2, 0.25) is 0 Å². The van der Waals surface area contributed by atoms with Crippen molar-refractivity contribution < 1.29 is 19.1 Å². The molecular formula is C27H19NO4. The fraction of sp³-hybridized carbons (Fsp3) is 0.148. The van der Waals surface area contributed by atoms with Crippen molar-refractivity contribution in [1.82, 2.24) is 0 Å². The third-order valence-electron chi connectivity index (χ3n) is 6.61. The topological polar surface area (TPSA) is 63.7 Å². The van der Waals surface area contributed by atoms with Crippen LogP contribution in [0, 0.1) is 0 Å². The second-order valence-electron chi connectivity index (χ2n) is 8.16. The Labute approximate surface area is 184 Å². The van der Waals surface area contributed by atoms with Gasteiger partial charge in [-0.3, -0.25) is 9.59 Å². The molecule has 2 amide bonds. The fourth-order valence-corrected chi connectivity index (χ4v) is 5.35. The first-order chi connectivity index (χ1) is 15.6. The third-order valence-corrected chi connectivity index (χ3v) is 6.61. The smallest absolute Gasteiger partial charge is 0.338 e. The number of ether oxygens (including phenoxy) is 1. The molecule has 5 heteroatoms. The van der Waals surface area contributed by atoms with Crippen LogP contribution < -0.4 is 4.90 Å². The second kappa shape index (κ2) is 6.76. The summed E-state index contributed by atoms with van der Waals surface area (Å²) >= 11 is 0. The molecule has 0 atom stereocenters. The maximum Gasteiger partial charge on any atom is 0.338 e. The van der Waals surface area contributed by atoms with E-state index in [1.165, 1.54) is 4.90 Å². The Balaban J connectivity index is 1.45. The van der Waals surface area contributed by atoms with Crippen molar-refractivity contribution in [1.29, 1.82) is 0 Å². The van der Waals surface area contributed by atoms with E-state index >= 15 is 0 Å². The zero-order valence-corrected chi connectivity index (χ0v) is 17.4. The Kier molecular flexibility index (Phi) is 3.96. The minimum absolute atomic E-state index is 0.248. The number of imide groups is 1. The molecular weight excluding hydrogens is 402 g/mol. The van der Waals surface area contributed by atoms with Crippen molar-refractivity contribution in [2.45, 2.75) is 18.8 Å². The molecule has 0 radical (unpaired) electrons. The number of nitrogens with zero attached hydrogens (tertiary/aromatic N) is 1. The van der Waals surface area contributed by atoms with E-state index in [2.05, 4.69) is 24.3 Å². The Morgan fingerprint density at radius 1 is 0.750 bits per heavy atom. The zero-order valence-electron chi connectivity index (χ0n) is 17.4. The van der Waals surface area contributed by atoms with E-state index in [-0.39, 0.29) is 30.3 Å². The van der Waals surface area contributed by atoms with E-state index in [9.17, 15) is 14.4 Å². The molecule has 3 aromatic carbocycles. The van der Waals surface area contributed by atoms with E-state index in [4.69, 9.17) is 4.74 Å². The van der Waals surface area contributed by atoms with Crippen molar-refractivity contribution in [3.63, 3.8) is 0 Å². The van der Waals surface area contributed by atoms with E-state index in [0.29, 0.717) is 22.4 Å². The normalized spacial score (nSPS) is 20.2. The Bertz CT molecular complexity index is 1230. The number of hydrogen-bond donors (Lipinski definition) is 0. The number of rotatable bonds is 3. The molecule has 0 fully saturated rings. The molecule has 3 aromatic rings. The van der Waals surface area contributed by atoms with Gasteiger partial charge < -0.3 is 4.74 Å². The minimum Gasteiger partial charge on any atom is -0.462 e. The van der Waals surface area contributed by atoms with Crippen LogP contribution in [0.5, 0.6) is 0 Å². The summed E-state index contributed by atoms with van der Waals surface area (Å²) in [5.74, 6) is -1.49. The van der Waals surface area contributed by atoms with Crippen molar-refractivity contribution in [3.8, 4) is 0 Å². The van der Waals surface area contributed by atoms with Gasteiger partial charge in [0.15, 0.2) is 0 Å². The predicted octanol–water partition coefficient (Wildman–Crippen LogP) is 4.32. The van der Waals surface area contributed by atoms with Gasteiger partial charge in [0.25, 0.3) is 11.8 Å². The summed E-state index contributed by atoms with van der Waals surface area (Å²) in [4.78, 5) is 40.5. The molecule has 0 aromatic heterocycles. The number of amides is 2. The molecule has 1 heterocycles. The molecule has 1 aliphatic heterocycles. The van der Waals surface area contributed by atoms with Crippen LogP contribution >= 0.6 is 0 Å². The van der Waals surface area contributed by atoms with Crippen molar-refractivity contribution in [3.05, 3.63) is 112 Å². The quantitative estimate of drug-likeness (QED) is 0.467. The summed E-state index contributed by atoms with van der Waals surface area (Å²) in [5, 5.41) is 0. The highest BCUT2D eigenvalue weighted by Crippen LogP contribution is 2.58. The number of carbonyl (C=O) groups excluding carboxylic acids is 3. The average molecular weight is 421 g/mol. The molecule has 2 bridgehead atoms. The van der Waals surface area contributed by atoms with Gasteiger partial charge in [-0.15, -0.1) is 0 Å². The summed E-state index contributed by atoms with van der Waals surface area (Å²) in [6.07, 6.45) is 0. The lowest BCUT2D eigenvalue weighted by Gasteiger charge is -2.39. The van der Waals surface area contributed by atoms with Gasteiger partial charge in [-0.05, 0) is 53.4 Å². The van der Waals surface area contributed by atoms with Gasteiger partial charge in [-0.2, -0.15) is 0 Å². The van der Waals surface area contributed by atoms with Crippen molar-refractivity contribution in [2.75, 3.05) is 11.5 Å². The Morgan fingerprint density at radius 2 is 1.19 bits per heavy atom. The number of benzene rings is 3. The van der Waals surface area contributed by atoms with Gasteiger partial charge in [-0.25, -0.2) is 9.69 Å². The maximum atomic E-state index is 13.6. The van der Waals surface area contributed by atoms with Gasteiger partial charge in [-0.1, -0.05) is 48.5 Å². The lowest BCUT2D eigenvalue weighted by Crippen LogP contribution is -2.32. The summed E-state index contributed by atoms with van der Waals surface area (Å²) < 4.78 is 5.03. The predicted molar refractivity (Wildman–Crippen MR) is 118 cm³/mol. The molecule has 5 nitrogen and oxygen atoms in total. The first-order valence-electron chi connectivity index (χ1n) is 10.7. The van der Waals surface area contributed by atoms with Crippen LogP contribution in [0.15, 0.2) is 83.9 Å². The molecule has 0 saturated carbocycles. The summed E-state index contributed by atoms with van der Waals surface area (Å²) in [6.45, 7) is 2.03. The zero-order chi connectivity index (χ0) is 22.0. The molecule has 0 unspecified atom stereocenters. The van der Waals surface area contributed by atoms with Crippen LogP contribution in [-0.4, -0.2) is 24.4 Å². The van der Waals surface area contributed by atoms with Crippen LogP contribution in [0.25, 0.3) is 0 Å². The van der Waals surface area contributed by atoms with Gasteiger partial charge in [0.1, 0.15) is 0 Å². The summed E-state index contributed by atoms with van der Waals surface area (Å²) in [5.41, 5.74) is 6.36. The van der Waals surface area contributed by atoms with Crippen LogP contribution in [0.3, 0.4) is 0 Å². The minimum atomic E-state index is -0.431. The van der Waals surface area contributed by atoms with Gasteiger partial charge in [0.05, 0.1) is 17.9 Å². The van der Waals surface area contributed by atoms with E-state index in [0.717, 1.165) is 22.3 Å². The first-order valence-corrected chi connectivity index (χ1v) is 10.7. The highest BCUT2D eigenvalue weighted by Gasteiger charge is 2.53. The Hall–Kier alpha value is -3.99. The summed E-state index contributed by atoms with van der Waals surface area (Å²) in [6, 6.07) is 22.6. The Morgan fingerprint density at radius 3 is 1.59 bits per heavy atom. The molecule has 156 valence electrons. The number of esters is 1. The second-order valence-corrected chi connectivity index (χ2v) is 8.16. The first kappa shape index (κ1) is 18.8. The van der Waals surface area contributed by atoms with Gasteiger partial charge in [0.2, 0.25) is 0 Å². The van der Waals surface area contributed by atoms with Gasteiger partial charge in [0, 0.05) is 23.0 Å². The SMILES string of the molecule is CCOC(=O)c1ccc(N2C(=O)C3=C(C2=O)C2c4ccccc4C3c3ccccc32)cc1. The van der Waals surface area contributed by atoms with E-state index in [1.54, 1.807) is 31.2 Å². The number of anilines is 1. The van der Waals surface area contributed by atoms with Crippen molar-refractivity contribution >= 4 is 23.5 Å². The fourth-order valence-electron chi connectivity index (χ4n) is 5.35.